The monoisotopic (exact) mass is 401 g/mol. The summed E-state index contributed by atoms with van der Waals surface area (Å²) in [4.78, 5) is 15.0. The molecule has 0 bridgehead atoms. The van der Waals surface area contributed by atoms with Crippen molar-refractivity contribution in [2.24, 2.45) is 5.73 Å². The number of hydrogen-bond acceptors (Lipinski definition) is 4. The average Bonchev–Trinajstić information content (AvgIpc) is 2.89. The van der Waals surface area contributed by atoms with Gasteiger partial charge in [-0.2, -0.15) is 4.31 Å². The Hall–Kier alpha value is -1.15. The molecule has 1 aliphatic carbocycles. The molecular formula is C18H28ClN3O3S. The minimum absolute atomic E-state index is 0. The number of nitrogens with two attached hydrogens (primary N) is 1. The Labute approximate surface area is 162 Å². The van der Waals surface area contributed by atoms with Crippen molar-refractivity contribution in [1.82, 2.24) is 9.21 Å². The highest BCUT2D eigenvalue weighted by Gasteiger charge is 2.39. The molecule has 1 saturated heterocycles. The number of nitrogens with zero attached hydrogens (tertiary/aromatic N) is 2. The van der Waals surface area contributed by atoms with Gasteiger partial charge in [0.25, 0.3) is 0 Å². The van der Waals surface area contributed by atoms with Gasteiger partial charge in [0, 0.05) is 26.2 Å². The van der Waals surface area contributed by atoms with Crippen LogP contribution in [-0.2, 0) is 14.8 Å². The van der Waals surface area contributed by atoms with Crippen LogP contribution in [0.1, 0.15) is 38.5 Å². The summed E-state index contributed by atoms with van der Waals surface area (Å²) in [5.74, 6) is -0.00819. The Bertz CT molecular complexity index is 706. The van der Waals surface area contributed by atoms with E-state index in [-0.39, 0.29) is 18.3 Å². The third-order valence-corrected chi connectivity index (χ3v) is 7.21. The van der Waals surface area contributed by atoms with Gasteiger partial charge in [-0.15, -0.1) is 12.4 Å². The standard InChI is InChI=1S/C18H27N3O3S.ClH/c19-18(10-5-2-6-11-18)17(22)20-12-7-13-21(15-14-20)25(23,24)16-8-3-1-4-9-16;/h1,3-4,8-9H,2,5-7,10-15,19H2;1H. The Morgan fingerprint density at radius 3 is 2.23 bits per heavy atom. The summed E-state index contributed by atoms with van der Waals surface area (Å²) in [6.07, 6.45) is 5.21. The van der Waals surface area contributed by atoms with Crippen molar-refractivity contribution in [1.29, 1.82) is 0 Å². The quantitative estimate of drug-likeness (QED) is 0.839. The molecule has 1 aliphatic heterocycles. The highest BCUT2D eigenvalue weighted by molar-refractivity contribution is 7.89. The zero-order valence-corrected chi connectivity index (χ0v) is 16.6. The lowest BCUT2D eigenvalue weighted by Crippen LogP contribution is -2.56. The van der Waals surface area contributed by atoms with Crippen LogP contribution in [0.2, 0.25) is 0 Å². The first-order valence-electron chi connectivity index (χ1n) is 9.07. The molecule has 2 N–H and O–H groups in total. The number of carbonyl (C=O) groups excluding carboxylic acids is 1. The number of halogens is 1. The minimum Gasteiger partial charge on any atom is -0.340 e. The second-order valence-electron chi connectivity index (χ2n) is 7.08. The maximum absolute atomic E-state index is 12.9. The van der Waals surface area contributed by atoms with Crippen molar-refractivity contribution >= 4 is 28.3 Å². The van der Waals surface area contributed by atoms with E-state index in [0.717, 1.165) is 32.1 Å². The predicted octanol–water partition coefficient (Wildman–Crippen LogP) is 1.99. The van der Waals surface area contributed by atoms with Gasteiger partial charge in [0.05, 0.1) is 10.4 Å². The highest BCUT2D eigenvalue weighted by atomic mass is 35.5. The molecule has 1 aromatic rings. The summed E-state index contributed by atoms with van der Waals surface area (Å²) in [5.41, 5.74) is 5.61. The second-order valence-corrected chi connectivity index (χ2v) is 9.02. The largest absolute Gasteiger partial charge is 0.340 e. The number of carbonyl (C=O) groups is 1. The van der Waals surface area contributed by atoms with E-state index >= 15 is 0 Å². The van der Waals surface area contributed by atoms with Crippen molar-refractivity contribution in [2.45, 2.75) is 49.0 Å². The first-order chi connectivity index (χ1) is 11.9. The number of amides is 1. The molecule has 2 fully saturated rings. The zero-order chi connectivity index (χ0) is 17.9. The molecule has 1 saturated carbocycles. The maximum Gasteiger partial charge on any atom is 0.243 e. The van der Waals surface area contributed by atoms with E-state index in [9.17, 15) is 13.2 Å². The summed E-state index contributed by atoms with van der Waals surface area (Å²) < 4.78 is 27.0. The van der Waals surface area contributed by atoms with E-state index in [1.54, 1.807) is 35.2 Å². The van der Waals surface area contributed by atoms with E-state index < -0.39 is 15.6 Å². The van der Waals surface area contributed by atoms with E-state index in [4.69, 9.17) is 5.73 Å². The van der Waals surface area contributed by atoms with Crippen LogP contribution in [0.25, 0.3) is 0 Å². The van der Waals surface area contributed by atoms with Crippen LogP contribution >= 0.6 is 12.4 Å². The first kappa shape index (κ1) is 21.2. The lowest BCUT2D eigenvalue weighted by atomic mass is 9.81. The third kappa shape index (κ3) is 4.39. The third-order valence-electron chi connectivity index (χ3n) is 5.29. The number of hydrogen-bond donors (Lipinski definition) is 1. The molecule has 0 spiro atoms. The molecule has 2 aliphatic rings. The molecule has 1 heterocycles. The van der Waals surface area contributed by atoms with Crippen LogP contribution < -0.4 is 5.73 Å². The summed E-state index contributed by atoms with van der Waals surface area (Å²) in [7, 11) is -3.51. The van der Waals surface area contributed by atoms with Crippen molar-refractivity contribution in [3.8, 4) is 0 Å². The average molecular weight is 402 g/mol. The first-order valence-corrected chi connectivity index (χ1v) is 10.5. The molecule has 0 radical (unpaired) electrons. The topological polar surface area (TPSA) is 83.7 Å². The van der Waals surface area contributed by atoms with Crippen LogP contribution in [0.15, 0.2) is 35.2 Å². The highest BCUT2D eigenvalue weighted by Crippen LogP contribution is 2.28. The molecule has 1 aromatic carbocycles. The fraction of sp³-hybridized carbons (Fsp3) is 0.611. The molecule has 0 unspecified atom stereocenters. The van der Waals surface area contributed by atoms with Crippen molar-refractivity contribution in [3.05, 3.63) is 30.3 Å². The van der Waals surface area contributed by atoms with E-state index in [0.29, 0.717) is 37.5 Å². The summed E-state index contributed by atoms with van der Waals surface area (Å²) >= 11 is 0. The van der Waals surface area contributed by atoms with E-state index in [1.165, 1.54) is 4.31 Å². The van der Waals surface area contributed by atoms with Crippen molar-refractivity contribution in [3.63, 3.8) is 0 Å². The fourth-order valence-electron chi connectivity index (χ4n) is 3.79. The molecule has 0 aromatic heterocycles. The Kier molecular flexibility index (Phi) is 7.07. The van der Waals surface area contributed by atoms with Gasteiger partial charge in [0.2, 0.25) is 15.9 Å². The van der Waals surface area contributed by atoms with Gasteiger partial charge in [-0.1, -0.05) is 37.5 Å². The molecule has 3 rings (SSSR count). The molecule has 6 nitrogen and oxygen atoms in total. The number of sulfonamides is 1. The molecule has 0 atom stereocenters. The van der Waals surface area contributed by atoms with Crippen LogP contribution in [0, 0.1) is 0 Å². The van der Waals surface area contributed by atoms with Crippen LogP contribution in [0.4, 0.5) is 0 Å². The van der Waals surface area contributed by atoms with Crippen LogP contribution in [-0.4, -0.2) is 55.2 Å². The summed E-state index contributed by atoms with van der Waals surface area (Å²) in [6, 6.07) is 8.47. The van der Waals surface area contributed by atoms with Gasteiger partial charge >= 0.3 is 0 Å². The van der Waals surface area contributed by atoms with Gasteiger partial charge in [-0.3, -0.25) is 4.79 Å². The number of rotatable bonds is 3. The van der Waals surface area contributed by atoms with Gasteiger partial charge in [-0.05, 0) is 31.4 Å². The van der Waals surface area contributed by atoms with Crippen LogP contribution in [0.5, 0.6) is 0 Å². The second kappa shape index (κ2) is 8.69. The van der Waals surface area contributed by atoms with Gasteiger partial charge in [-0.25, -0.2) is 8.42 Å². The van der Waals surface area contributed by atoms with Gasteiger partial charge < -0.3 is 10.6 Å². The van der Waals surface area contributed by atoms with Gasteiger partial charge in [0.15, 0.2) is 0 Å². The molecular weight excluding hydrogens is 374 g/mol. The van der Waals surface area contributed by atoms with Crippen molar-refractivity contribution < 1.29 is 13.2 Å². The Morgan fingerprint density at radius 1 is 0.923 bits per heavy atom. The Morgan fingerprint density at radius 2 is 1.58 bits per heavy atom. The summed E-state index contributed by atoms with van der Waals surface area (Å²) in [6.45, 7) is 1.72. The lowest BCUT2D eigenvalue weighted by Gasteiger charge is -2.36. The SMILES string of the molecule is Cl.NC1(C(=O)N2CCCN(S(=O)(=O)c3ccccc3)CC2)CCCCC1. The maximum atomic E-state index is 12.9. The van der Waals surface area contributed by atoms with Gasteiger partial charge in [0.1, 0.15) is 0 Å². The zero-order valence-electron chi connectivity index (χ0n) is 15.0. The van der Waals surface area contributed by atoms with Crippen molar-refractivity contribution in [2.75, 3.05) is 26.2 Å². The molecule has 1 amide bonds. The molecule has 146 valence electrons. The minimum atomic E-state index is -3.51. The molecule has 26 heavy (non-hydrogen) atoms. The Balaban J connectivity index is 0.00000243. The lowest BCUT2D eigenvalue weighted by molar-refractivity contribution is -0.138. The predicted molar refractivity (Wildman–Crippen MR) is 104 cm³/mol. The van der Waals surface area contributed by atoms with Crippen LogP contribution in [0.3, 0.4) is 0 Å². The fourth-order valence-corrected chi connectivity index (χ4v) is 5.28. The normalized spacial score (nSPS) is 21.5. The molecule has 8 heteroatoms. The van der Waals surface area contributed by atoms with E-state index in [2.05, 4.69) is 0 Å². The van der Waals surface area contributed by atoms with E-state index in [1.807, 2.05) is 0 Å². The smallest absolute Gasteiger partial charge is 0.243 e. The number of benzene rings is 1. The summed E-state index contributed by atoms with van der Waals surface area (Å²) in [5, 5.41) is 0.